The van der Waals surface area contributed by atoms with Gasteiger partial charge in [-0.1, -0.05) is 29.8 Å². The number of guanidine groups is 1. The Morgan fingerprint density at radius 2 is 1.93 bits per heavy atom. The third-order valence-corrected chi connectivity index (χ3v) is 4.34. The predicted octanol–water partition coefficient (Wildman–Crippen LogP) is 4.24. The lowest BCUT2D eigenvalue weighted by atomic mass is 10.1. The summed E-state index contributed by atoms with van der Waals surface area (Å²) in [4.78, 5) is 9.06. The first kappa shape index (κ1) is 23.5. The molecule has 7 nitrogen and oxygen atoms in total. The Labute approximate surface area is 193 Å². The summed E-state index contributed by atoms with van der Waals surface area (Å²) in [6, 6.07) is 13.4. The normalized spacial score (nSPS) is 11.0. The SMILES string of the molecule is CCNC(=NCc1cccc(OC)c1O)NCc1coc(-c2ccc(C)cc2)n1.I. The Morgan fingerprint density at radius 1 is 1.17 bits per heavy atom. The molecule has 8 heteroatoms. The summed E-state index contributed by atoms with van der Waals surface area (Å²) in [5, 5.41) is 16.6. The molecule has 0 saturated heterocycles. The van der Waals surface area contributed by atoms with Crippen LogP contribution in [0.3, 0.4) is 0 Å². The quantitative estimate of drug-likeness (QED) is 0.244. The van der Waals surface area contributed by atoms with E-state index in [0.29, 0.717) is 42.8 Å². The fourth-order valence-electron chi connectivity index (χ4n) is 2.76. The first-order chi connectivity index (χ1) is 14.1. The summed E-state index contributed by atoms with van der Waals surface area (Å²) in [6.45, 7) is 5.52. The van der Waals surface area contributed by atoms with Crippen LogP contribution < -0.4 is 15.4 Å². The molecule has 0 unspecified atom stereocenters. The van der Waals surface area contributed by atoms with Gasteiger partial charge in [-0.25, -0.2) is 9.98 Å². The number of phenols is 1. The van der Waals surface area contributed by atoms with E-state index in [1.165, 1.54) is 12.7 Å². The zero-order valence-electron chi connectivity index (χ0n) is 17.3. The van der Waals surface area contributed by atoms with E-state index in [1.54, 1.807) is 12.3 Å². The van der Waals surface area contributed by atoms with Crippen molar-refractivity contribution in [2.24, 2.45) is 4.99 Å². The molecule has 0 radical (unpaired) electrons. The highest BCUT2D eigenvalue weighted by atomic mass is 127. The van der Waals surface area contributed by atoms with E-state index in [9.17, 15) is 5.11 Å². The number of benzene rings is 2. The van der Waals surface area contributed by atoms with Gasteiger partial charge in [-0.2, -0.15) is 0 Å². The highest BCUT2D eigenvalue weighted by Crippen LogP contribution is 2.29. The number of ether oxygens (including phenoxy) is 1. The molecule has 2 aromatic carbocycles. The monoisotopic (exact) mass is 522 g/mol. The molecule has 1 heterocycles. The summed E-state index contributed by atoms with van der Waals surface area (Å²) in [7, 11) is 1.52. The summed E-state index contributed by atoms with van der Waals surface area (Å²) >= 11 is 0. The summed E-state index contributed by atoms with van der Waals surface area (Å²) in [5.41, 5.74) is 3.59. The van der Waals surface area contributed by atoms with Crippen LogP contribution in [0, 0.1) is 6.92 Å². The highest BCUT2D eigenvalue weighted by Gasteiger charge is 2.09. The lowest BCUT2D eigenvalue weighted by Gasteiger charge is -2.11. The van der Waals surface area contributed by atoms with E-state index in [0.717, 1.165) is 11.3 Å². The van der Waals surface area contributed by atoms with Gasteiger partial charge in [0.15, 0.2) is 17.5 Å². The van der Waals surface area contributed by atoms with Crippen molar-refractivity contribution in [2.45, 2.75) is 26.9 Å². The minimum Gasteiger partial charge on any atom is -0.504 e. The predicted molar refractivity (Wildman–Crippen MR) is 128 cm³/mol. The molecule has 3 N–H and O–H groups in total. The maximum Gasteiger partial charge on any atom is 0.226 e. The van der Waals surface area contributed by atoms with Crippen LogP contribution in [0.2, 0.25) is 0 Å². The summed E-state index contributed by atoms with van der Waals surface area (Å²) in [6.07, 6.45) is 1.64. The molecule has 3 aromatic rings. The molecule has 0 aliphatic heterocycles. The molecule has 0 saturated carbocycles. The molecule has 1 aromatic heterocycles. The lowest BCUT2D eigenvalue weighted by molar-refractivity contribution is 0.370. The summed E-state index contributed by atoms with van der Waals surface area (Å²) < 4.78 is 10.7. The molecule has 30 heavy (non-hydrogen) atoms. The van der Waals surface area contributed by atoms with Gasteiger partial charge in [0, 0.05) is 17.7 Å². The van der Waals surface area contributed by atoms with Gasteiger partial charge in [-0.05, 0) is 32.0 Å². The number of aromatic hydroxyl groups is 1. The smallest absolute Gasteiger partial charge is 0.226 e. The first-order valence-corrected chi connectivity index (χ1v) is 9.49. The second-order valence-corrected chi connectivity index (χ2v) is 6.53. The van der Waals surface area contributed by atoms with Gasteiger partial charge in [0.05, 0.1) is 25.9 Å². The van der Waals surface area contributed by atoms with Gasteiger partial charge in [-0.3, -0.25) is 0 Å². The highest BCUT2D eigenvalue weighted by molar-refractivity contribution is 14.0. The third-order valence-electron chi connectivity index (χ3n) is 4.34. The van der Waals surface area contributed by atoms with E-state index >= 15 is 0 Å². The zero-order chi connectivity index (χ0) is 20.6. The molecule has 3 rings (SSSR count). The molecule has 0 bridgehead atoms. The summed E-state index contributed by atoms with van der Waals surface area (Å²) in [5.74, 6) is 1.75. The molecular formula is C22H27IN4O3. The van der Waals surface area contributed by atoms with Crippen molar-refractivity contribution in [1.29, 1.82) is 0 Å². The van der Waals surface area contributed by atoms with Crippen LogP contribution in [0.4, 0.5) is 0 Å². The zero-order valence-corrected chi connectivity index (χ0v) is 19.6. The maximum absolute atomic E-state index is 10.2. The number of aliphatic imine (C=N–C) groups is 1. The molecule has 0 aliphatic carbocycles. The van der Waals surface area contributed by atoms with Crippen molar-refractivity contribution in [1.82, 2.24) is 15.6 Å². The van der Waals surface area contributed by atoms with Crippen LogP contribution in [0.25, 0.3) is 11.5 Å². The fourth-order valence-corrected chi connectivity index (χ4v) is 2.76. The van der Waals surface area contributed by atoms with Crippen LogP contribution >= 0.6 is 24.0 Å². The number of hydrogen-bond donors (Lipinski definition) is 3. The molecule has 0 amide bonds. The number of hydrogen-bond acceptors (Lipinski definition) is 5. The minimum atomic E-state index is 0. The lowest BCUT2D eigenvalue weighted by Crippen LogP contribution is -2.36. The molecule has 0 atom stereocenters. The average molecular weight is 522 g/mol. The largest absolute Gasteiger partial charge is 0.504 e. The number of nitrogens with zero attached hydrogens (tertiary/aromatic N) is 2. The maximum atomic E-state index is 10.2. The van der Waals surface area contributed by atoms with E-state index in [2.05, 4.69) is 20.6 Å². The Kier molecular flexibility index (Phi) is 8.97. The first-order valence-electron chi connectivity index (χ1n) is 9.49. The molecule has 0 aliphatic rings. The number of halogens is 1. The minimum absolute atomic E-state index is 0. The Balaban J connectivity index is 0.00000320. The van der Waals surface area contributed by atoms with Crippen LogP contribution in [-0.2, 0) is 13.1 Å². The van der Waals surface area contributed by atoms with Crippen LogP contribution in [0.15, 0.2) is 58.1 Å². The van der Waals surface area contributed by atoms with Gasteiger partial charge in [-0.15, -0.1) is 24.0 Å². The number of phenolic OH excluding ortho intramolecular Hbond substituents is 1. The molecule has 0 spiro atoms. The number of aryl methyl sites for hydroxylation is 1. The number of methoxy groups -OCH3 is 1. The molecule has 160 valence electrons. The number of oxazole rings is 1. The van der Waals surface area contributed by atoms with Gasteiger partial charge < -0.3 is 24.9 Å². The van der Waals surface area contributed by atoms with Crippen LogP contribution in [0.1, 0.15) is 23.7 Å². The number of para-hydroxylation sites is 1. The van der Waals surface area contributed by atoms with Crippen molar-refractivity contribution >= 4 is 29.9 Å². The van der Waals surface area contributed by atoms with Gasteiger partial charge in [0.2, 0.25) is 5.89 Å². The third kappa shape index (κ3) is 6.12. The Morgan fingerprint density at radius 3 is 2.63 bits per heavy atom. The van der Waals surface area contributed by atoms with Gasteiger partial charge >= 0.3 is 0 Å². The van der Waals surface area contributed by atoms with E-state index in [1.807, 2.05) is 50.2 Å². The Bertz CT molecular complexity index is 971. The van der Waals surface area contributed by atoms with Crippen molar-refractivity contribution < 1.29 is 14.3 Å². The van der Waals surface area contributed by atoms with E-state index in [-0.39, 0.29) is 29.7 Å². The van der Waals surface area contributed by atoms with E-state index in [4.69, 9.17) is 9.15 Å². The standard InChI is InChI=1S/C22H26N4O3.HI/c1-4-23-22(24-12-17-6-5-7-19(28-3)20(17)27)25-13-18-14-29-21(26-18)16-10-8-15(2)9-11-16;/h5-11,14,27H,4,12-13H2,1-3H3,(H2,23,24,25);1H. The van der Waals surface area contributed by atoms with Crippen molar-refractivity contribution in [3.63, 3.8) is 0 Å². The average Bonchev–Trinajstić information content (AvgIpc) is 3.20. The number of aromatic nitrogens is 1. The number of rotatable bonds is 7. The number of nitrogens with one attached hydrogen (secondary N) is 2. The van der Waals surface area contributed by atoms with Crippen LogP contribution in [0.5, 0.6) is 11.5 Å². The molecule has 0 fully saturated rings. The van der Waals surface area contributed by atoms with Crippen molar-refractivity contribution in [3.05, 3.63) is 65.5 Å². The topological polar surface area (TPSA) is 91.9 Å². The van der Waals surface area contributed by atoms with Crippen molar-refractivity contribution in [2.75, 3.05) is 13.7 Å². The Hall–Kier alpha value is -2.75. The van der Waals surface area contributed by atoms with Crippen molar-refractivity contribution in [3.8, 4) is 23.0 Å². The van der Waals surface area contributed by atoms with Gasteiger partial charge in [0.1, 0.15) is 6.26 Å². The van der Waals surface area contributed by atoms with Gasteiger partial charge in [0.25, 0.3) is 0 Å². The molecular weight excluding hydrogens is 495 g/mol. The second-order valence-electron chi connectivity index (χ2n) is 6.53. The van der Waals surface area contributed by atoms with E-state index < -0.39 is 0 Å². The van der Waals surface area contributed by atoms with Crippen LogP contribution in [-0.4, -0.2) is 29.7 Å². The fraction of sp³-hybridized carbons (Fsp3) is 0.273. The second kappa shape index (κ2) is 11.4.